The predicted octanol–water partition coefficient (Wildman–Crippen LogP) is 3.71. The molecule has 106 valence electrons. The van der Waals surface area contributed by atoms with Crippen LogP contribution in [0.15, 0.2) is 28.3 Å². The van der Waals surface area contributed by atoms with Crippen LogP contribution in [-0.4, -0.2) is 9.97 Å². The molecule has 1 atom stereocenters. The first-order chi connectivity index (χ1) is 9.38. The Morgan fingerprint density at radius 2 is 1.75 bits per heavy atom. The summed E-state index contributed by atoms with van der Waals surface area (Å²) in [6.07, 6.45) is 0. The number of nitrogens with zero attached hydrogens (tertiary/aromatic N) is 2. The molecule has 0 aliphatic carbocycles. The number of hydrogen-bond donors (Lipinski definition) is 1. The van der Waals surface area contributed by atoms with E-state index in [1.807, 2.05) is 33.8 Å². The second kappa shape index (κ2) is 5.89. The van der Waals surface area contributed by atoms with Crippen LogP contribution in [0.1, 0.15) is 35.5 Å². The Balaban J connectivity index is 2.31. The van der Waals surface area contributed by atoms with Gasteiger partial charge in [-0.3, -0.25) is 0 Å². The van der Waals surface area contributed by atoms with Crippen molar-refractivity contribution in [3.8, 4) is 0 Å². The van der Waals surface area contributed by atoms with Crippen LogP contribution in [-0.2, 0) is 0 Å². The van der Waals surface area contributed by atoms with Crippen LogP contribution in [0.3, 0.4) is 0 Å². The van der Waals surface area contributed by atoms with Crippen molar-refractivity contribution in [3.63, 3.8) is 0 Å². The van der Waals surface area contributed by atoms with Crippen LogP contribution in [0.2, 0.25) is 0 Å². The number of nitrogens with two attached hydrogens (primary N) is 1. The van der Waals surface area contributed by atoms with E-state index in [4.69, 9.17) is 5.73 Å². The van der Waals surface area contributed by atoms with Gasteiger partial charge in [0.1, 0.15) is 5.82 Å². The minimum atomic E-state index is -0.288. The van der Waals surface area contributed by atoms with Crippen molar-refractivity contribution in [2.24, 2.45) is 5.73 Å². The average molecular weight is 291 g/mol. The SMILES string of the molecule is Cc1nc(Sc2ccc(C(C)N)cc2F)nc(C)c1C. The Morgan fingerprint density at radius 3 is 2.25 bits per heavy atom. The quantitative estimate of drug-likeness (QED) is 0.876. The zero-order valence-corrected chi connectivity index (χ0v) is 12.9. The molecule has 0 saturated heterocycles. The lowest BCUT2D eigenvalue weighted by atomic mass is 10.1. The van der Waals surface area contributed by atoms with E-state index in [-0.39, 0.29) is 11.9 Å². The number of halogens is 1. The van der Waals surface area contributed by atoms with Crippen molar-refractivity contribution in [1.29, 1.82) is 0 Å². The molecule has 20 heavy (non-hydrogen) atoms. The molecule has 1 unspecified atom stereocenters. The first kappa shape index (κ1) is 14.9. The fourth-order valence-corrected chi connectivity index (χ4v) is 2.62. The summed E-state index contributed by atoms with van der Waals surface area (Å²) in [7, 11) is 0. The van der Waals surface area contributed by atoms with E-state index in [1.54, 1.807) is 6.07 Å². The number of hydrogen-bond acceptors (Lipinski definition) is 4. The van der Waals surface area contributed by atoms with Crippen molar-refractivity contribution in [3.05, 3.63) is 46.5 Å². The van der Waals surface area contributed by atoms with Gasteiger partial charge in [0.25, 0.3) is 0 Å². The molecular formula is C15H18FN3S. The highest BCUT2D eigenvalue weighted by molar-refractivity contribution is 7.99. The summed E-state index contributed by atoms with van der Waals surface area (Å²) >= 11 is 1.23. The average Bonchev–Trinajstić information content (AvgIpc) is 2.38. The van der Waals surface area contributed by atoms with Gasteiger partial charge in [-0.1, -0.05) is 6.07 Å². The van der Waals surface area contributed by atoms with Crippen LogP contribution < -0.4 is 5.73 Å². The summed E-state index contributed by atoms with van der Waals surface area (Å²) in [5, 5.41) is 0.568. The lowest BCUT2D eigenvalue weighted by Gasteiger charge is -2.09. The highest BCUT2D eigenvalue weighted by atomic mass is 32.2. The van der Waals surface area contributed by atoms with E-state index < -0.39 is 0 Å². The molecule has 1 heterocycles. The Hall–Kier alpha value is -1.46. The standard InChI is InChI=1S/C15H18FN3S/c1-8-10(3)18-15(19-11(8)4)20-14-6-5-12(9(2)17)7-13(14)16/h5-7,9H,17H2,1-4H3. The molecule has 0 aliphatic heterocycles. The second-order valence-corrected chi connectivity index (χ2v) is 5.89. The minimum Gasteiger partial charge on any atom is -0.324 e. The van der Waals surface area contributed by atoms with E-state index in [0.717, 1.165) is 22.5 Å². The van der Waals surface area contributed by atoms with Crippen LogP contribution in [0, 0.1) is 26.6 Å². The molecule has 0 fully saturated rings. The maximum absolute atomic E-state index is 14.0. The third kappa shape index (κ3) is 3.16. The first-order valence-electron chi connectivity index (χ1n) is 6.43. The molecule has 0 saturated carbocycles. The smallest absolute Gasteiger partial charge is 0.192 e. The van der Waals surface area contributed by atoms with Gasteiger partial charge < -0.3 is 5.73 Å². The van der Waals surface area contributed by atoms with Gasteiger partial charge in [-0.25, -0.2) is 14.4 Å². The molecule has 1 aromatic heterocycles. The topological polar surface area (TPSA) is 51.8 Å². The molecule has 0 radical (unpaired) electrons. The lowest BCUT2D eigenvalue weighted by molar-refractivity contribution is 0.596. The Bertz CT molecular complexity index is 618. The Kier molecular flexibility index (Phi) is 4.40. The van der Waals surface area contributed by atoms with Crippen LogP contribution in [0.25, 0.3) is 0 Å². The van der Waals surface area contributed by atoms with Gasteiger partial charge in [-0.05, 0) is 62.7 Å². The summed E-state index contributed by atoms with van der Waals surface area (Å²) in [5.74, 6) is -0.288. The van der Waals surface area contributed by atoms with Gasteiger partial charge in [0.15, 0.2) is 5.16 Å². The van der Waals surface area contributed by atoms with Gasteiger partial charge in [-0.2, -0.15) is 0 Å². The number of aromatic nitrogens is 2. The summed E-state index contributed by atoms with van der Waals surface area (Å²) in [4.78, 5) is 9.29. The minimum absolute atomic E-state index is 0.177. The highest BCUT2D eigenvalue weighted by Crippen LogP contribution is 2.29. The van der Waals surface area contributed by atoms with Crippen molar-refractivity contribution >= 4 is 11.8 Å². The molecule has 0 bridgehead atoms. The predicted molar refractivity (Wildman–Crippen MR) is 79.4 cm³/mol. The van der Waals surface area contributed by atoms with E-state index in [1.165, 1.54) is 17.8 Å². The molecule has 3 nitrogen and oxygen atoms in total. The number of benzene rings is 1. The normalized spacial score (nSPS) is 12.5. The molecule has 2 N–H and O–H groups in total. The van der Waals surface area contributed by atoms with Crippen molar-refractivity contribution < 1.29 is 4.39 Å². The monoisotopic (exact) mass is 291 g/mol. The van der Waals surface area contributed by atoms with Crippen LogP contribution in [0.4, 0.5) is 4.39 Å². The van der Waals surface area contributed by atoms with Gasteiger partial charge in [-0.15, -0.1) is 0 Å². The number of rotatable bonds is 3. The van der Waals surface area contributed by atoms with Crippen molar-refractivity contribution in [1.82, 2.24) is 9.97 Å². The van der Waals surface area contributed by atoms with Gasteiger partial charge in [0.05, 0.1) is 4.90 Å². The van der Waals surface area contributed by atoms with E-state index >= 15 is 0 Å². The first-order valence-corrected chi connectivity index (χ1v) is 7.25. The molecule has 5 heteroatoms. The molecule has 0 spiro atoms. The van der Waals surface area contributed by atoms with Gasteiger partial charge in [0.2, 0.25) is 0 Å². The van der Waals surface area contributed by atoms with Gasteiger partial charge in [0, 0.05) is 17.4 Å². The molecule has 0 aliphatic rings. The van der Waals surface area contributed by atoms with Crippen LogP contribution >= 0.6 is 11.8 Å². The fraction of sp³-hybridized carbons (Fsp3) is 0.333. The molecule has 0 amide bonds. The zero-order valence-electron chi connectivity index (χ0n) is 12.1. The summed E-state index contributed by atoms with van der Waals surface area (Å²) < 4.78 is 14.0. The second-order valence-electron chi connectivity index (χ2n) is 4.88. The molecule has 2 rings (SSSR count). The third-order valence-corrected chi connectivity index (χ3v) is 4.21. The fourth-order valence-electron chi connectivity index (χ4n) is 1.77. The van der Waals surface area contributed by atoms with E-state index in [9.17, 15) is 4.39 Å². The highest BCUT2D eigenvalue weighted by Gasteiger charge is 2.11. The summed E-state index contributed by atoms with van der Waals surface area (Å²) in [5.41, 5.74) is 9.44. The maximum atomic E-state index is 14.0. The van der Waals surface area contributed by atoms with E-state index in [0.29, 0.717) is 10.1 Å². The third-order valence-electron chi connectivity index (χ3n) is 3.30. The number of aryl methyl sites for hydroxylation is 2. The molecular weight excluding hydrogens is 273 g/mol. The van der Waals surface area contributed by atoms with Crippen LogP contribution in [0.5, 0.6) is 0 Å². The van der Waals surface area contributed by atoms with Gasteiger partial charge >= 0.3 is 0 Å². The Labute approximate surface area is 122 Å². The molecule has 1 aromatic carbocycles. The van der Waals surface area contributed by atoms with Crippen molar-refractivity contribution in [2.75, 3.05) is 0 Å². The molecule has 2 aromatic rings. The largest absolute Gasteiger partial charge is 0.324 e. The maximum Gasteiger partial charge on any atom is 0.192 e. The Morgan fingerprint density at radius 1 is 1.15 bits per heavy atom. The van der Waals surface area contributed by atoms with E-state index in [2.05, 4.69) is 9.97 Å². The zero-order chi connectivity index (χ0) is 14.9. The summed E-state index contributed by atoms with van der Waals surface area (Å²) in [6, 6.07) is 4.86. The van der Waals surface area contributed by atoms with Crippen molar-refractivity contribution in [2.45, 2.75) is 43.8 Å². The lowest BCUT2D eigenvalue weighted by Crippen LogP contribution is -2.05. The summed E-state index contributed by atoms with van der Waals surface area (Å²) in [6.45, 7) is 7.68.